The Bertz CT molecular complexity index is 1380. The highest BCUT2D eigenvalue weighted by molar-refractivity contribution is 5.97. The number of fused-ring (bicyclic) bond motifs is 2. The van der Waals surface area contributed by atoms with E-state index in [4.69, 9.17) is 4.98 Å². The molecule has 2 aromatic carbocycles. The number of H-pyrrole nitrogens is 1. The van der Waals surface area contributed by atoms with Gasteiger partial charge in [0.1, 0.15) is 11.6 Å². The summed E-state index contributed by atoms with van der Waals surface area (Å²) in [5, 5.41) is 3.95. The molecule has 2 heterocycles. The summed E-state index contributed by atoms with van der Waals surface area (Å²) in [5.74, 6) is 1.93. The fraction of sp³-hybridized carbons (Fsp3) is 0.414. The zero-order chi connectivity index (χ0) is 24.7. The van der Waals surface area contributed by atoms with E-state index in [1.807, 2.05) is 45.2 Å². The molecule has 1 amide bonds. The average Bonchev–Trinajstić information content (AvgIpc) is 3.26. The molecule has 1 fully saturated rings. The molecule has 35 heavy (non-hydrogen) atoms. The largest absolute Gasteiger partial charge is 0.347 e. The Balaban J connectivity index is 1.29. The molecule has 1 unspecified atom stereocenters. The Kier molecular flexibility index (Phi) is 6.07. The van der Waals surface area contributed by atoms with E-state index in [1.165, 1.54) is 11.6 Å². The van der Waals surface area contributed by atoms with Gasteiger partial charge in [0.25, 0.3) is 5.91 Å². The minimum atomic E-state index is -0.282. The summed E-state index contributed by atoms with van der Waals surface area (Å²) in [7, 11) is 0. The molecule has 0 saturated heterocycles. The third kappa shape index (κ3) is 4.93. The van der Waals surface area contributed by atoms with Crippen LogP contribution in [0.15, 0.2) is 48.7 Å². The monoisotopic (exact) mass is 472 g/mol. The van der Waals surface area contributed by atoms with Gasteiger partial charge in [-0.05, 0) is 106 Å². The quantitative estimate of drug-likeness (QED) is 0.341. The highest BCUT2D eigenvalue weighted by Crippen LogP contribution is 2.43. The molecule has 5 rings (SSSR count). The minimum Gasteiger partial charge on any atom is -0.347 e. The second-order valence-electron chi connectivity index (χ2n) is 11.0. The predicted molar refractivity (Wildman–Crippen MR) is 138 cm³/mol. The number of aromatic nitrogens is 3. The highest BCUT2D eigenvalue weighted by Gasteiger charge is 2.29. The maximum Gasteiger partial charge on any atom is 0.251 e. The van der Waals surface area contributed by atoms with Gasteiger partial charge in [-0.2, -0.15) is 0 Å². The van der Waals surface area contributed by atoms with Gasteiger partial charge in [0.15, 0.2) is 0 Å². The molecule has 182 valence electrons. The maximum absolute atomic E-state index is 13.9. The first-order chi connectivity index (χ1) is 16.7. The summed E-state index contributed by atoms with van der Waals surface area (Å²) in [4.78, 5) is 25.3. The van der Waals surface area contributed by atoms with E-state index in [0.717, 1.165) is 53.4 Å². The van der Waals surface area contributed by atoms with Gasteiger partial charge in [0.2, 0.25) is 0 Å². The van der Waals surface area contributed by atoms with Crippen LogP contribution < -0.4 is 5.32 Å². The van der Waals surface area contributed by atoms with Crippen LogP contribution >= 0.6 is 0 Å². The van der Waals surface area contributed by atoms with Gasteiger partial charge in [-0.15, -0.1) is 0 Å². The lowest BCUT2D eigenvalue weighted by Crippen LogP contribution is -2.40. The van der Waals surface area contributed by atoms with Crippen LogP contribution in [-0.4, -0.2) is 26.4 Å². The van der Waals surface area contributed by atoms with Crippen LogP contribution in [0.5, 0.6) is 0 Å². The molecule has 0 aliphatic heterocycles. The lowest BCUT2D eigenvalue weighted by molar-refractivity contribution is 0.0919. The van der Waals surface area contributed by atoms with Crippen molar-refractivity contribution in [2.24, 2.45) is 5.92 Å². The summed E-state index contributed by atoms with van der Waals surface area (Å²) in [5.41, 5.74) is 4.21. The topological polar surface area (TPSA) is 70.7 Å². The fourth-order valence-electron chi connectivity index (χ4n) is 5.45. The lowest BCUT2D eigenvalue weighted by atomic mass is 9.73. The number of nitrogens with zero attached hydrogens (tertiary/aromatic N) is 2. The number of hydrogen-bond donors (Lipinski definition) is 2. The van der Waals surface area contributed by atoms with Crippen molar-refractivity contribution in [1.82, 2.24) is 20.3 Å². The zero-order valence-corrected chi connectivity index (χ0v) is 20.9. The number of imidazole rings is 1. The third-order valence-electron chi connectivity index (χ3n) is 7.34. The standard InChI is InChI=1S/C29H33FN4O/c1-17(27-32-25-11-9-20(15-26(25)33-27)28(35)34-29(2,3)4)18-5-7-19(8-6-18)22-13-14-31-24-12-10-21(30)16-23(22)24/h9-19H,5-8H2,1-4H3,(H,32,33)(H,34,35). The molecule has 1 saturated carbocycles. The summed E-state index contributed by atoms with van der Waals surface area (Å²) in [6, 6.07) is 12.6. The molecule has 1 atom stereocenters. The lowest BCUT2D eigenvalue weighted by Gasteiger charge is -2.32. The van der Waals surface area contributed by atoms with Crippen molar-refractivity contribution in [3.05, 3.63) is 71.4 Å². The highest BCUT2D eigenvalue weighted by atomic mass is 19.1. The maximum atomic E-state index is 13.9. The number of carbonyl (C=O) groups excluding carboxylic acids is 1. The van der Waals surface area contributed by atoms with Crippen LogP contribution in [0.1, 0.15) is 87.0 Å². The third-order valence-corrected chi connectivity index (χ3v) is 7.34. The molecule has 2 aromatic heterocycles. The summed E-state index contributed by atoms with van der Waals surface area (Å²) in [6.07, 6.45) is 6.18. The number of halogens is 1. The first-order valence-corrected chi connectivity index (χ1v) is 12.5. The van der Waals surface area contributed by atoms with Gasteiger partial charge in [-0.3, -0.25) is 9.78 Å². The number of rotatable bonds is 4. The smallest absolute Gasteiger partial charge is 0.251 e. The van der Waals surface area contributed by atoms with Crippen LogP contribution in [0.4, 0.5) is 4.39 Å². The Morgan fingerprint density at radius 2 is 1.80 bits per heavy atom. The second kappa shape index (κ2) is 9.06. The van der Waals surface area contributed by atoms with Gasteiger partial charge >= 0.3 is 0 Å². The second-order valence-corrected chi connectivity index (χ2v) is 11.0. The van der Waals surface area contributed by atoms with Crippen LogP contribution in [0, 0.1) is 11.7 Å². The average molecular weight is 473 g/mol. The van der Waals surface area contributed by atoms with Crippen LogP contribution in [0.25, 0.3) is 21.9 Å². The number of hydrogen-bond acceptors (Lipinski definition) is 3. The SMILES string of the molecule is CC(c1nc2ccc(C(=O)NC(C)(C)C)cc2[nH]1)C1CCC(c2ccnc3ccc(F)cc23)CC1. The normalized spacial score (nSPS) is 19.7. The van der Waals surface area contributed by atoms with Crippen molar-refractivity contribution in [2.45, 2.75) is 70.8 Å². The Hall–Kier alpha value is -3.28. The molecule has 6 heteroatoms. The molecular weight excluding hydrogens is 439 g/mol. The van der Waals surface area contributed by atoms with Crippen LogP contribution in [0.2, 0.25) is 0 Å². The van der Waals surface area contributed by atoms with Gasteiger partial charge < -0.3 is 10.3 Å². The van der Waals surface area contributed by atoms with Crippen molar-refractivity contribution in [3.63, 3.8) is 0 Å². The van der Waals surface area contributed by atoms with Crippen molar-refractivity contribution in [1.29, 1.82) is 0 Å². The van der Waals surface area contributed by atoms with Crippen molar-refractivity contribution in [3.8, 4) is 0 Å². The first kappa shape index (κ1) is 23.5. The fourth-order valence-corrected chi connectivity index (χ4v) is 5.45. The number of amides is 1. The Labute approximate surface area is 205 Å². The van der Waals surface area contributed by atoms with E-state index < -0.39 is 0 Å². The Morgan fingerprint density at radius 1 is 1.06 bits per heavy atom. The molecular formula is C29H33FN4O. The summed E-state index contributed by atoms with van der Waals surface area (Å²) < 4.78 is 13.9. The molecule has 0 bridgehead atoms. The van der Waals surface area contributed by atoms with E-state index in [-0.39, 0.29) is 17.3 Å². The number of nitrogens with one attached hydrogen (secondary N) is 2. The predicted octanol–water partition coefficient (Wildman–Crippen LogP) is 6.86. The Morgan fingerprint density at radius 3 is 2.54 bits per heavy atom. The molecule has 1 aliphatic rings. The summed E-state index contributed by atoms with van der Waals surface area (Å²) in [6.45, 7) is 8.17. The van der Waals surface area contributed by atoms with E-state index in [2.05, 4.69) is 28.3 Å². The molecule has 5 nitrogen and oxygen atoms in total. The molecule has 4 aromatic rings. The van der Waals surface area contributed by atoms with Gasteiger partial charge in [0, 0.05) is 28.6 Å². The zero-order valence-electron chi connectivity index (χ0n) is 20.9. The van der Waals surface area contributed by atoms with Crippen molar-refractivity contribution in [2.75, 3.05) is 0 Å². The van der Waals surface area contributed by atoms with E-state index >= 15 is 0 Å². The van der Waals surface area contributed by atoms with Crippen LogP contribution in [0.3, 0.4) is 0 Å². The van der Waals surface area contributed by atoms with E-state index in [1.54, 1.807) is 12.1 Å². The van der Waals surface area contributed by atoms with Crippen LogP contribution in [-0.2, 0) is 0 Å². The van der Waals surface area contributed by atoms with Gasteiger partial charge in [-0.25, -0.2) is 9.37 Å². The van der Waals surface area contributed by atoms with Crippen molar-refractivity contribution >= 4 is 27.8 Å². The molecule has 1 aliphatic carbocycles. The van der Waals surface area contributed by atoms with E-state index in [0.29, 0.717) is 23.3 Å². The first-order valence-electron chi connectivity index (χ1n) is 12.5. The van der Waals surface area contributed by atoms with E-state index in [9.17, 15) is 9.18 Å². The number of aromatic amines is 1. The molecule has 2 N–H and O–H groups in total. The number of pyridine rings is 1. The summed E-state index contributed by atoms with van der Waals surface area (Å²) >= 11 is 0. The van der Waals surface area contributed by atoms with Crippen molar-refractivity contribution < 1.29 is 9.18 Å². The molecule has 0 spiro atoms. The number of carbonyl (C=O) groups is 1. The molecule has 0 radical (unpaired) electrons. The van der Waals surface area contributed by atoms with Gasteiger partial charge in [0.05, 0.1) is 16.6 Å². The minimum absolute atomic E-state index is 0.0783. The van der Waals surface area contributed by atoms with Gasteiger partial charge in [-0.1, -0.05) is 6.92 Å². The number of benzene rings is 2.